The zero-order valence-corrected chi connectivity index (χ0v) is 14.9. The average Bonchev–Trinajstić information content (AvgIpc) is 3.01. The first kappa shape index (κ1) is 15.2. The van der Waals surface area contributed by atoms with E-state index in [1.807, 2.05) is 60.8 Å². The summed E-state index contributed by atoms with van der Waals surface area (Å²) in [6, 6.07) is 11.2. The van der Waals surface area contributed by atoms with Gasteiger partial charge in [-0.25, -0.2) is 9.78 Å². The summed E-state index contributed by atoms with van der Waals surface area (Å²) in [5.41, 5.74) is 4.62. The number of fused-ring (bicyclic) bond motifs is 2. The monoisotopic (exact) mass is 385 g/mol. The molecule has 3 aromatic rings. The standard InChI is InChI=1S/C18H16BrN3O2/c1-10-16(21-9-12(19)7-8-15(21)20-10)17-14-6-4-3-5-13(14)11(2)22(17)18(23)24/h3-9,11,17H,1-2H3,(H,23,24)/t11-,17+/m0/s1. The highest BCUT2D eigenvalue weighted by Crippen LogP contribution is 2.46. The van der Waals surface area contributed by atoms with Crippen LogP contribution in [0.4, 0.5) is 4.79 Å². The number of hydrogen-bond acceptors (Lipinski definition) is 2. The van der Waals surface area contributed by atoms with Gasteiger partial charge in [-0.2, -0.15) is 0 Å². The van der Waals surface area contributed by atoms with Crippen LogP contribution in [0.2, 0.25) is 0 Å². The highest BCUT2D eigenvalue weighted by atomic mass is 79.9. The van der Waals surface area contributed by atoms with Crippen LogP contribution in [0, 0.1) is 6.92 Å². The normalized spacial score (nSPS) is 19.7. The second kappa shape index (κ2) is 5.34. The summed E-state index contributed by atoms with van der Waals surface area (Å²) in [5.74, 6) is 0. The number of amides is 1. The molecule has 1 amide bonds. The lowest BCUT2D eigenvalue weighted by Gasteiger charge is -2.26. The van der Waals surface area contributed by atoms with Crippen LogP contribution >= 0.6 is 15.9 Å². The van der Waals surface area contributed by atoms with Gasteiger partial charge in [0.25, 0.3) is 0 Å². The molecule has 6 heteroatoms. The van der Waals surface area contributed by atoms with Crippen LogP contribution < -0.4 is 0 Å². The Bertz CT molecular complexity index is 966. The van der Waals surface area contributed by atoms with Crippen molar-refractivity contribution in [2.24, 2.45) is 0 Å². The molecule has 24 heavy (non-hydrogen) atoms. The maximum absolute atomic E-state index is 12.0. The molecule has 0 radical (unpaired) electrons. The number of aromatic nitrogens is 2. The molecule has 0 fully saturated rings. The largest absolute Gasteiger partial charge is 0.465 e. The average molecular weight is 386 g/mol. The second-order valence-electron chi connectivity index (χ2n) is 6.06. The van der Waals surface area contributed by atoms with E-state index in [4.69, 9.17) is 0 Å². The van der Waals surface area contributed by atoms with Crippen molar-refractivity contribution in [1.29, 1.82) is 0 Å². The molecule has 0 bridgehead atoms. The molecule has 1 aliphatic heterocycles. The van der Waals surface area contributed by atoms with Gasteiger partial charge in [0.05, 0.1) is 17.4 Å². The van der Waals surface area contributed by atoms with Crippen molar-refractivity contribution in [2.75, 3.05) is 0 Å². The van der Waals surface area contributed by atoms with Gasteiger partial charge in [0.2, 0.25) is 0 Å². The number of pyridine rings is 1. The van der Waals surface area contributed by atoms with Crippen molar-refractivity contribution in [2.45, 2.75) is 25.9 Å². The Kier molecular flexibility index (Phi) is 3.38. The lowest BCUT2D eigenvalue weighted by atomic mass is 10.00. The minimum absolute atomic E-state index is 0.194. The third kappa shape index (κ3) is 2.06. The first-order valence-electron chi connectivity index (χ1n) is 7.73. The number of rotatable bonds is 1. The fourth-order valence-electron chi connectivity index (χ4n) is 3.70. The molecule has 0 aliphatic carbocycles. The molecule has 1 aliphatic rings. The Labute approximate surface area is 147 Å². The van der Waals surface area contributed by atoms with Crippen LogP contribution in [0.15, 0.2) is 47.1 Å². The Morgan fingerprint density at radius 2 is 1.92 bits per heavy atom. The third-order valence-electron chi connectivity index (χ3n) is 4.72. The molecule has 0 saturated carbocycles. The highest BCUT2D eigenvalue weighted by molar-refractivity contribution is 9.10. The maximum atomic E-state index is 12.0. The Morgan fingerprint density at radius 1 is 1.21 bits per heavy atom. The predicted octanol–water partition coefficient (Wildman–Crippen LogP) is 4.55. The summed E-state index contributed by atoms with van der Waals surface area (Å²) < 4.78 is 2.91. The Balaban J connectivity index is 2.02. The fraction of sp³-hybridized carbons (Fsp3) is 0.222. The first-order chi connectivity index (χ1) is 11.5. The number of nitrogens with zero attached hydrogens (tertiary/aromatic N) is 3. The number of benzene rings is 1. The summed E-state index contributed by atoms with van der Waals surface area (Å²) in [5, 5.41) is 9.83. The van der Waals surface area contributed by atoms with Gasteiger partial charge < -0.3 is 9.51 Å². The SMILES string of the molecule is Cc1nc2ccc(Br)cn2c1[C@H]1c2ccccc2[C@H](C)N1C(=O)O. The van der Waals surface area contributed by atoms with Crippen molar-refractivity contribution in [1.82, 2.24) is 14.3 Å². The van der Waals surface area contributed by atoms with Gasteiger partial charge >= 0.3 is 6.09 Å². The van der Waals surface area contributed by atoms with Crippen LogP contribution in [-0.2, 0) is 0 Å². The zero-order valence-electron chi connectivity index (χ0n) is 13.3. The molecule has 122 valence electrons. The van der Waals surface area contributed by atoms with E-state index in [9.17, 15) is 9.90 Å². The van der Waals surface area contributed by atoms with E-state index < -0.39 is 6.09 Å². The summed E-state index contributed by atoms with van der Waals surface area (Å²) in [7, 11) is 0. The van der Waals surface area contributed by atoms with Crippen molar-refractivity contribution >= 4 is 27.7 Å². The molecule has 3 heterocycles. The molecule has 0 saturated heterocycles. The number of aryl methyl sites for hydroxylation is 1. The summed E-state index contributed by atoms with van der Waals surface area (Å²) in [6.07, 6.45) is 1.02. The van der Waals surface area contributed by atoms with E-state index >= 15 is 0 Å². The van der Waals surface area contributed by atoms with Crippen molar-refractivity contribution in [3.05, 3.63) is 69.6 Å². The Morgan fingerprint density at radius 3 is 2.62 bits per heavy atom. The summed E-state index contributed by atoms with van der Waals surface area (Å²) >= 11 is 3.49. The van der Waals surface area contributed by atoms with Gasteiger partial charge in [-0.05, 0) is 53.0 Å². The number of imidazole rings is 1. The molecule has 0 spiro atoms. The van der Waals surface area contributed by atoms with E-state index in [1.165, 1.54) is 4.90 Å². The molecule has 0 unspecified atom stereocenters. The summed E-state index contributed by atoms with van der Waals surface area (Å²) in [4.78, 5) is 18.1. The van der Waals surface area contributed by atoms with E-state index in [2.05, 4.69) is 20.9 Å². The fourth-order valence-corrected chi connectivity index (χ4v) is 4.04. The zero-order chi connectivity index (χ0) is 17.0. The molecular weight excluding hydrogens is 370 g/mol. The van der Waals surface area contributed by atoms with Crippen molar-refractivity contribution < 1.29 is 9.90 Å². The number of carbonyl (C=O) groups is 1. The quantitative estimate of drug-likeness (QED) is 0.668. The van der Waals surface area contributed by atoms with Crippen molar-refractivity contribution in [3.63, 3.8) is 0 Å². The van der Waals surface area contributed by atoms with Crippen molar-refractivity contribution in [3.8, 4) is 0 Å². The highest BCUT2D eigenvalue weighted by Gasteiger charge is 2.42. The van der Waals surface area contributed by atoms with Crippen LogP contribution in [0.5, 0.6) is 0 Å². The van der Waals surface area contributed by atoms with Crippen LogP contribution in [0.3, 0.4) is 0 Å². The minimum atomic E-state index is -0.923. The number of hydrogen-bond donors (Lipinski definition) is 1. The molecule has 2 aromatic heterocycles. The van der Waals surface area contributed by atoms with Gasteiger partial charge in [-0.15, -0.1) is 0 Å². The van der Waals surface area contributed by atoms with Gasteiger partial charge in [0, 0.05) is 10.7 Å². The Hall–Kier alpha value is -2.34. The van der Waals surface area contributed by atoms with Crippen LogP contribution in [-0.4, -0.2) is 25.5 Å². The van der Waals surface area contributed by atoms with E-state index in [1.54, 1.807) is 0 Å². The lowest BCUT2D eigenvalue weighted by Crippen LogP contribution is -2.32. The molecule has 1 N–H and O–H groups in total. The predicted molar refractivity (Wildman–Crippen MR) is 94.2 cm³/mol. The van der Waals surface area contributed by atoms with Gasteiger partial charge in [-0.3, -0.25) is 4.90 Å². The third-order valence-corrected chi connectivity index (χ3v) is 5.19. The second-order valence-corrected chi connectivity index (χ2v) is 6.97. The number of halogens is 1. The lowest BCUT2D eigenvalue weighted by molar-refractivity contribution is 0.121. The van der Waals surface area contributed by atoms with E-state index in [-0.39, 0.29) is 12.1 Å². The smallest absolute Gasteiger partial charge is 0.408 e. The molecule has 2 atom stereocenters. The van der Waals surface area contributed by atoms with Gasteiger partial charge in [0.15, 0.2) is 0 Å². The number of carboxylic acid groups (broad SMARTS) is 1. The first-order valence-corrected chi connectivity index (χ1v) is 8.52. The summed E-state index contributed by atoms with van der Waals surface area (Å²) in [6.45, 7) is 3.86. The van der Waals surface area contributed by atoms with Crippen LogP contribution in [0.25, 0.3) is 5.65 Å². The van der Waals surface area contributed by atoms with E-state index in [0.29, 0.717) is 0 Å². The molecule has 4 rings (SSSR count). The topological polar surface area (TPSA) is 57.8 Å². The molecule has 5 nitrogen and oxygen atoms in total. The molecular formula is C18H16BrN3O2. The maximum Gasteiger partial charge on any atom is 0.408 e. The minimum Gasteiger partial charge on any atom is -0.465 e. The van der Waals surface area contributed by atoms with Crippen LogP contribution in [0.1, 0.15) is 41.5 Å². The molecule has 1 aromatic carbocycles. The van der Waals surface area contributed by atoms with Gasteiger partial charge in [-0.1, -0.05) is 24.3 Å². The van der Waals surface area contributed by atoms with Gasteiger partial charge in [0.1, 0.15) is 11.7 Å². The van der Waals surface area contributed by atoms with E-state index in [0.717, 1.165) is 32.6 Å².